The minimum Gasteiger partial charge on any atom is -0.465 e. The van der Waals surface area contributed by atoms with Gasteiger partial charge in [-0.25, -0.2) is 14.8 Å². The second-order valence-corrected chi connectivity index (χ2v) is 12.9. The van der Waals surface area contributed by atoms with Gasteiger partial charge in [-0.3, -0.25) is 9.48 Å². The highest BCUT2D eigenvalue weighted by Gasteiger charge is 2.50. The minimum atomic E-state index is -1.12. The molecule has 0 saturated carbocycles. The van der Waals surface area contributed by atoms with Gasteiger partial charge in [0, 0.05) is 37.0 Å². The number of hydrogen-bond donors (Lipinski definition) is 3. The SMILES string of the molecule is Cn1cc(Nc2nccc(-c3ccc4c(c3)CCN(C(=O)O)CC4(NC(=O)c3nnc(C(C)(C)C)o3)C(C)(C)C)n2)cn1. The van der Waals surface area contributed by atoms with E-state index in [0.717, 1.165) is 22.4 Å². The molecule has 13 heteroatoms. The quantitative estimate of drug-likeness (QED) is 0.303. The van der Waals surface area contributed by atoms with E-state index >= 15 is 0 Å². The van der Waals surface area contributed by atoms with E-state index in [1.54, 1.807) is 17.1 Å². The van der Waals surface area contributed by atoms with Crippen LogP contribution in [-0.2, 0) is 24.4 Å². The number of nitrogens with one attached hydrogen (secondary N) is 2. The first-order valence-electron chi connectivity index (χ1n) is 14.0. The predicted molar refractivity (Wildman–Crippen MR) is 159 cm³/mol. The number of nitrogens with zero attached hydrogens (tertiary/aromatic N) is 7. The third-order valence-electron chi connectivity index (χ3n) is 7.70. The Morgan fingerprint density at radius 2 is 1.86 bits per heavy atom. The molecule has 0 fully saturated rings. The Balaban J connectivity index is 1.56. The number of carbonyl (C=O) groups is 2. The van der Waals surface area contributed by atoms with Gasteiger partial charge in [0.05, 0.1) is 29.7 Å². The van der Waals surface area contributed by atoms with E-state index in [-0.39, 0.29) is 19.0 Å². The number of carboxylic acid groups (broad SMARTS) is 1. The van der Waals surface area contributed by atoms with Gasteiger partial charge in [0.15, 0.2) is 0 Å². The summed E-state index contributed by atoms with van der Waals surface area (Å²) in [5.41, 5.74) is 1.82. The largest absolute Gasteiger partial charge is 0.465 e. The summed E-state index contributed by atoms with van der Waals surface area (Å²) >= 11 is 0. The number of hydrogen-bond acceptors (Lipinski definition) is 9. The van der Waals surface area contributed by atoms with Crippen molar-refractivity contribution >= 4 is 23.6 Å². The molecule has 4 aromatic rings. The molecule has 0 bridgehead atoms. The molecule has 0 spiro atoms. The van der Waals surface area contributed by atoms with Crippen molar-refractivity contribution in [3.8, 4) is 11.3 Å². The number of anilines is 2. The maximum absolute atomic E-state index is 13.7. The van der Waals surface area contributed by atoms with Crippen LogP contribution in [0, 0.1) is 5.41 Å². The highest BCUT2D eigenvalue weighted by molar-refractivity contribution is 5.90. The number of aromatic nitrogens is 6. The lowest BCUT2D eigenvalue weighted by Crippen LogP contribution is -2.60. The van der Waals surface area contributed by atoms with Crippen LogP contribution in [0.5, 0.6) is 0 Å². The molecule has 1 aliphatic heterocycles. The molecule has 13 nitrogen and oxygen atoms in total. The third kappa shape index (κ3) is 5.92. The van der Waals surface area contributed by atoms with Crippen LogP contribution in [0.1, 0.15) is 69.2 Å². The van der Waals surface area contributed by atoms with Gasteiger partial charge in [-0.05, 0) is 35.1 Å². The zero-order valence-corrected chi connectivity index (χ0v) is 25.5. The molecule has 0 aliphatic carbocycles. The maximum atomic E-state index is 13.7. The Morgan fingerprint density at radius 1 is 1.09 bits per heavy atom. The second kappa shape index (κ2) is 10.8. The highest BCUT2D eigenvalue weighted by Crippen LogP contribution is 2.44. The van der Waals surface area contributed by atoms with E-state index < -0.39 is 28.4 Å². The fourth-order valence-corrected chi connectivity index (χ4v) is 5.24. The summed E-state index contributed by atoms with van der Waals surface area (Å²) in [5.74, 6) is 0.0142. The molecule has 1 aromatic carbocycles. The Kier molecular flexibility index (Phi) is 7.45. The normalized spacial score (nSPS) is 17.2. The van der Waals surface area contributed by atoms with Gasteiger partial charge >= 0.3 is 17.9 Å². The predicted octanol–water partition coefficient (Wildman–Crippen LogP) is 4.51. The monoisotopic (exact) mass is 587 g/mol. The topological polar surface area (TPSA) is 164 Å². The summed E-state index contributed by atoms with van der Waals surface area (Å²) in [4.78, 5) is 36.4. The molecule has 0 saturated heterocycles. The number of fused-ring (bicyclic) bond motifs is 1. The Labute approximate surface area is 249 Å². The molecule has 3 aromatic heterocycles. The molecule has 5 rings (SSSR count). The van der Waals surface area contributed by atoms with Crippen LogP contribution in [0.25, 0.3) is 11.3 Å². The van der Waals surface area contributed by atoms with Gasteiger partial charge in [0.1, 0.15) is 0 Å². The lowest BCUT2D eigenvalue weighted by atomic mass is 9.67. The molecular formula is C30H37N9O4. The van der Waals surface area contributed by atoms with E-state index in [4.69, 9.17) is 9.40 Å². The first kappa shape index (κ1) is 29.7. The summed E-state index contributed by atoms with van der Waals surface area (Å²) in [7, 11) is 1.83. The number of benzene rings is 1. The standard InChI is InChI=1S/C30H37N9O4/c1-28(2,3)25-37-36-24(43-25)23(40)35-30(29(4,5)6)17-39(27(41)42)13-11-18-14-19(8-9-21(18)30)22-10-12-31-26(34-22)33-20-15-32-38(7)16-20/h8-10,12,14-16H,11,13,17H2,1-7H3,(H,35,40)(H,41,42)(H,31,33,34). The smallest absolute Gasteiger partial charge is 0.407 e. The van der Waals surface area contributed by atoms with Gasteiger partial charge in [-0.15, -0.1) is 10.2 Å². The highest BCUT2D eigenvalue weighted by atomic mass is 16.4. The van der Waals surface area contributed by atoms with Gasteiger partial charge in [0.25, 0.3) is 0 Å². The van der Waals surface area contributed by atoms with E-state index in [1.165, 1.54) is 4.90 Å². The minimum absolute atomic E-state index is 0.0386. The molecule has 0 radical (unpaired) electrons. The van der Waals surface area contributed by atoms with Crippen molar-refractivity contribution in [2.75, 3.05) is 18.4 Å². The summed E-state index contributed by atoms with van der Waals surface area (Å²) in [5, 5.41) is 28.7. The van der Waals surface area contributed by atoms with Crippen LogP contribution in [-0.4, -0.2) is 65.0 Å². The summed E-state index contributed by atoms with van der Waals surface area (Å²) in [6, 6.07) is 7.71. The van der Waals surface area contributed by atoms with Crippen LogP contribution in [0.3, 0.4) is 0 Å². The lowest BCUT2D eigenvalue weighted by Gasteiger charge is -2.47. The van der Waals surface area contributed by atoms with Crippen molar-refractivity contribution in [1.29, 1.82) is 0 Å². The fraction of sp³-hybridized carbons (Fsp3) is 0.433. The van der Waals surface area contributed by atoms with Crippen molar-refractivity contribution in [3.63, 3.8) is 0 Å². The molecular weight excluding hydrogens is 550 g/mol. The molecule has 1 aliphatic rings. The van der Waals surface area contributed by atoms with E-state index in [2.05, 4.69) is 30.9 Å². The van der Waals surface area contributed by atoms with Crippen molar-refractivity contribution in [2.24, 2.45) is 12.5 Å². The number of amides is 2. The van der Waals surface area contributed by atoms with Crippen molar-refractivity contribution in [1.82, 2.24) is 40.2 Å². The third-order valence-corrected chi connectivity index (χ3v) is 7.70. The van der Waals surface area contributed by atoms with E-state index in [9.17, 15) is 14.7 Å². The average molecular weight is 588 g/mol. The van der Waals surface area contributed by atoms with E-state index in [1.807, 2.05) is 79.1 Å². The van der Waals surface area contributed by atoms with Crippen molar-refractivity contribution in [2.45, 2.75) is 58.9 Å². The zero-order chi connectivity index (χ0) is 31.2. The van der Waals surface area contributed by atoms with Gasteiger partial charge < -0.3 is 25.1 Å². The van der Waals surface area contributed by atoms with Crippen LogP contribution in [0.4, 0.5) is 16.4 Å². The zero-order valence-electron chi connectivity index (χ0n) is 25.5. The molecule has 1 atom stereocenters. The van der Waals surface area contributed by atoms with Crippen molar-refractivity contribution in [3.05, 3.63) is 65.8 Å². The van der Waals surface area contributed by atoms with Crippen LogP contribution >= 0.6 is 0 Å². The molecule has 3 N–H and O–H groups in total. The number of rotatable bonds is 5. The van der Waals surface area contributed by atoms with Crippen molar-refractivity contribution < 1.29 is 19.1 Å². The Hall–Kier alpha value is -4.81. The summed E-state index contributed by atoms with van der Waals surface area (Å²) in [6.07, 6.45) is 4.57. The van der Waals surface area contributed by atoms with E-state index in [0.29, 0.717) is 24.0 Å². The molecule has 43 heavy (non-hydrogen) atoms. The fourth-order valence-electron chi connectivity index (χ4n) is 5.24. The molecule has 4 heterocycles. The Morgan fingerprint density at radius 3 is 2.49 bits per heavy atom. The molecule has 1 unspecified atom stereocenters. The molecule has 2 amide bonds. The van der Waals surface area contributed by atoms with Gasteiger partial charge in [-0.2, -0.15) is 5.10 Å². The Bertz CT molecular complexity index is 1660. The lowest BCUT2D eigenvalue weighted by molar-refractivity contribution is 0.0569. The van der Waals surface area contributed by atoms with Crippen LogP contribution in [0.2, 0.25) is 0 Å². The van der Waals surface area contributed by atoms with Crippen LogP contribution in [0.15, 0.2) is 47.3 Å². The summed E-state index contributed by atoms with van der Waals surface area (Å²) in [6.45, 7) is 12.0. The first-order valence-corrected chi connectivity index (χ1v) is 14.0. The first-order chi connectivity index (χ1) is 20.2. The van der Waals surface area contributed by atoms with Gasteiger partial charge in [0.2, 0.25) is 11.8 Å². The number of aryl methyl sites for hydroxylation is 1. The molecule has 226 valence electrons. The second-order valence-electron chi connectivity index (χ2n) is 12.9. The average Bonchev–Trinajstić information content (AvgIpc) is 3.55. The van der Waals surface area contributed by atoms with Gasteiger partial charge in [-0.1, -0.05) is 53.7 Å². The maximum Gasteiger partial charge on any atom is 0.407 e. The summed E-state index contributed by atoms with van der Waals surface area (Å²) < 4.78 is 7.43. The van der Waals surface area contributed by atoms with Crippen LogP contribution < -0.4 is 10.6 Å². The number of carbonyl (C=O) groups excluding carboxylic acids is 1.